The molecule has 0 bridgehead atoms. The normalized spacial score (nSPS) is 12.8. The van der Waals surface area contributed by atoms with Gasteiger partial charge >= 0.3 is 17.6 Å². The molecule has 0 aliphatic carbocycles. The summed E-state index contributed by atoms with van der Waals surface area (Å²) < 4.78 is 36.0. The molecule has 0 aliphatic heterocycles. The summed E-state index contributed by atoms with van der Waals surface area (Å²) in [5.41, 5.74) is 5.78. The maximum absolute atomic E-state index is 5.99. The molecule has 188 valence electrons. The number of nitrogens with two attached hydrogens (primary N) is 1. The monoisotopic (exact) mass is 482 g/mol. The molecule has 0 radical (unpaired) electrons. The Bertz CT molecular complexity index is 344. The first-order valence-corrected chi connectivity index (χ1v) is 16.1. The van der Waals surface area contributed by atoms with Crippen LogP contribution in [0.15, 0.2) is 0 Å². The van der Waals surface area contributed by atoms with Crippen molar-refractivity contribution in [2.24, 2.45) is 5.73 Å². The van der Waals surface area contributed by atoms with E-state index in [0.717, 1.165) is 51.0 Å². The van der Waals surface area contributed by atoms with Crippen LogP contribution in [0, 0.1) is 0 Å². The SMILES string of the molecule is CCO[Si](CCCN(CCCN)CCC[Si](OCC)(OCC)OCC)(OCC)OCC. The fraction of sp³-hybridized carbons (Fsp3) is 1.00. The second-order valence-electron chi connectivity index (χ2n) is 7.16. The molecule has 0 aromatic heterocycles. The van der Waals surface area contributed by atoms with Crippen LogP contribution in [0.5, 0.6) is 0 Å². The van der Waals surface area contributed by atoms with Gasteiger partial charge in [-0.15, -0.1) is 0 Å². The van der Waals surface area contributed by atoms with E-state index in [1.807, 2.05) is 41.5 Å². The van der Waals surface area contributed by atoms with Crippen LogP contribution in [0.4, 0.5) is 0 Å². The van der Waals surface area contributed by atoms with Gasteiger partial charge in [0, 0.05) is 51.7 Å². The predicted octanol–water partition coefficient (Wildman–Crippen LogP) is 3.51. The minimum atomic E-state index is -2.59. The van der Waals surface area contributed by atoms with Gasteiger partial charge in [0.05, 0.1) is 0 Å². The summed E-state index contributed by atoms with van der Waals surface area (Å²) in [5.74, 6) is 0. The molecule has 0 fully saturated rings. The van der Waals surface area contributed by atoms with Gasteiger partial charge < -0.3 is 37.2 Å². The smallest absolute Gasteiger partial charge is 0.374 e. The lowest BCUT2D eigenvalue weighted by Gasteiger charge is -2.31. The van der Waals surface area contributed by atoms with Crippen molar-refractivity contribution >= 4 is 17.6 Å². The van der Waals surface area contributed by atoms with Gasteiger partial charge in [-0.2, -0.15) is 0 Å². The van der Waals surface area contributed by atoms with Crippen LogP contribution in [-0.2, 0) is 26.6 Å². The highest BCUT2D eigenvalue weighted by Crippen LogP contribution is 2.21. The molecule has 0 heterocycles. The van der Waals surface area contributed by atoms with Crippen molar-refractivity contribution in [2.45, 2.75) is 72.9 Å². The highest BCUT2D eigenvalue weighted by atomic mass is 28.4. The Labute approximate surface area is 193 Å². The Balaban J connectivity index is 4.86. The largest absolute Gasteiger partial charge is 0.500 e. The molecule has 31 heavy (non-hydrogen) atoms. The summed E-state index contributed by atoms with van der Waals surface area (Å²) in [6.45, 7) is 19.3. The van der Waals surface area contributed by atoms with E-state index in [1.165, 1.54) is 0 Å². The molecule has 0 aliphatic rings. The van der Waals surface area contributed by atoms with Gasteiger partial charge in [0.25, 0.3) is 0 Å². The fourth-order valence-corrected chi connectivity index (χ4v) is 8.88. The van der Waals surface area contributed by atoms with Gasteiger partial charge in [-0.3, -0.25) is 0 Å². The molecule has 10 heteroatoms. The molecule has 0 amide bonds. The van der Waals surface area contributed by atoms with E-state index in [4.69, 9.17) is 32.3 Å². The van der Waals surface area contributed by atoms with E-state index in [0.29, 0.717) is 46.2 Å². The average Bonchev–Trinajstić information content (AvgIpc) is 2.73. The van der Waals surface area contributed by atoms with Crippen molar-refractivity contribution in [3.05, 3.63) is 0 Å². The Hall–Kier alpha value is 0.114. The van der Waals surface area contributed by atoms with E-state index in [2.05, 4.69) is 4.90 Å². The fourth-order valence-electron chi connectivity index (χ4n) is 3.69. The van der Waals surface area contributed by atoms with Crippen LogP contribution in [0.25, 0.3) is 0 Å². The van der Waals surface area contributed by atoms with Crippen LogP contribution in [0.2, 0.25) is 12.1 Å². The Kier molecular flexibility index (Phi) is 19.6. The molecule has 0 saturated heterocycles. The van der Waals surface area contributed by atoms with Crippen molar-refractivity contribution in [3.8, 4) is 0 Å². The number of nitrogens with zero attached hydrogens (tertiary/aromatic N) is 1. The van der Waals surface area contributed by atoms with Gasteiger partial charge in [0.15, 0.2) is 0 Å². The average molecular weight is 483 g/mol. The zero-order valence-corrected chi connectivity index (χ0v) is 23.1. The summed E-state index contributed by atoms with van der Waals surface area (Å²) in [6, 6.07) is 1.66. The summed E-state index contributed by atoms with van der Waals surface area (Å²) in [5, 5.41) is 0. The molecule has 0 aromatic rings. The Morgan fingerprint density at radius 1 is 0.516 bits per heavy atom. The molecular formula is C21H50N2O6Si2. The van der Waals surface area contributed by atoms with Gasteiger partial charge in [-0.25, -0.2) is 0 Å². The Morgan fingerprint density at radius 3 is 1.06 bits per heavy atom. The van der Waals surface area contributed by atoms with Crippen molar-refractivity contribution in [3.63, 3.8) is 0 Å². The topological polar surface area (TPSA) is 84.6 Å². The second kappa shape index (κ2) is 19.6. The zero-order valence-electron chi connectivity index (χ0n) is 21.1. The maximum Gasteiger partial charge on any atom is 0.500 e. The Morgan fingerprint density at radius 2 is 0.806 bits per heavy atom. The van der Waals surface area contributed by atoms with Gasteiger partial charge in [-0.05, 0) is 87.0 Å². The molecule has 0 unspecified atom stereocenters. The molecular weight excluding hydrogens is 432 g/mol. The minimum absolute atomic E-state index is 0.613. The number of hydrogen-bond donors (Lipinski definition) is 1. The molecule has 8 nitrogen and oxygen atoms in total. The molecule has 0 atom stereocenters. The lowest BCUT2D eigenvalue weighted by molar-refractivity contribution is 0.0692. The van der Waals surface area contributed by atoms with E-state index < -0.39 is 17.6 Å². The van der Waals surface area contributed by atoms with E-state index in [-0.39, 0.29) is 0 Å². The van der Waals surface area contributed by atoms with Crippen LogP contribution < -0.4 is 5.73 Å². The highest BCUT2D eigenvalue weighted by molar-refractivity contribution is 6.61. The third-order valence-corrected chi connectivity index (χ3v) is 11.1. The van der Waals surface area contributed by atoms with Gasteiger partial charge in [-0.1, -0.05) is 0 Å². The predicted molar refractivity (Wildman–Crippen MR) is 130 cm³/mol. The quantitative estimate of drug-likeness (QED) is 0.221. The first-order valence-electron chi connectivity index (χ1n) is 12.3. The number of hydrogen-bond acceptors (Lipinski definition) is 8. The van der Waals surface area contributed by atoms with Crippen molar-refractivity contribution < 1.29 is 26.6 Å². The lowest BCUT2D eigenvalue weighted by Crippen LogP contribution is -2.47. The van der Waals surface area contributed by atoms with Crippen LogP contribution in [0.1, 0.15) is 60.8 Å². The molecule has 0 spiro atoms. The summed E-state index contributed by atoms with van der Waals surface area (Å²) in [4.78, 5) is 2.47. The van der Waals surface area contributed by atoms with Crippen molar-refractivity contribution in [1.82, 2.24) is 4.90 Å². The van der Waals surface area contributed by atoms with Crippen LogP contribution in [-0.4, -0.2) is 88.3 Å². The summed E-state index contributed by atoms with van der Waals surface area (Å²) in [6.07, 6.45) is 2.93. The second-order valence-corrected chi connectivity index (χ2v) is 12.6. The first-order chi connectivity index (χ1) is 15.0. The van der Waals surface area contributed by atoms with E-state index >= 15 is 0 Å². The summed E-state index contributed by atoms with van der Waals surface area (Å²) >= 11 is 0. The van der Waals surface area contributed by atoms with Gasteiger partial charge in [0.1, 0.15) is 0 Å². The van der Waals surface area contributed by atoms with Gasteiger partial charge in [0.2, 0.25) is 0 Å². The highest BCUT2D eigenvalue weighted by Gasteiger charge is 2.41. The molecule has 0 aromatic carbocycles. The van der Waals surface area contributed by atoms with E-state index in [1.54, 1.807) is 0 Å². The van der Waals surface area contributed by atoms with Crippen molar-refractivity contribution in [2.75, 3.05) is 65.8 Å². The van der Waals surface area contributed by atoms with E-state index in [9.17, 15) is 0 Å². The van der Waals surface area contributed by atoms with Crippen LogP contribution >= 0.6 is 0 Å². The zero-order chi connectivity index (χ0) is 23.4. The summed E-state index contributed by atoms with van der Waals surface area (Å²) in [7, 11) is -5.18. The standard InChI is InChI=1S/C21H50N2O6Si2/c1-7-24-30(25-8-2,26-9-3)20-14-18-23(17-13-16-22)19-15-21-31(27-10-4,28-11-5)29-12-6/h7-22H2,1-6H3. The minimum Gasteiger partial charge on any atom is -0.374 e. The third kappa shape index (κ3) is 13.4. The molecule has 0 rings (SSSR count). The number of rotatable bonds is 23. The maximum atomic E-state index is 5.99. The third-order valence-electron chi connectivity index (χ3n) is 4.78. The lowest BCUT2D eigenvalue weighted by atomic mass is 10.3. The van der Waals surface area contributed by atoms with Crippen LogP contribution in [0.3, 0.4) is 0 Å². The molecule has 0 saturated carbocycles. The first kappa shape index (κ1) is 31.1. The van der Waals surface area contributed by atoms with Crippen molar-refractivity contribution in [1.29, 1.82) is 0 Å². The molecule has 2 N–H and O–H groups in total.